The first-order valence-corrected chi connectivity index (χ1v) is 5.62. The number of hydrogen-bond acceptors (Lipinski definition) is 3. The Morgan fingerprint density at radius 1 is 1.25 bits per heavy atom. The van der Waals surface area contributed by atoms with Gasteiger partial charge in [-0.3, -0.25) is 4.79 Å². The molecule has 1 aromatic carbocycles. The topological polar surface area (TPSA) is 52.3 Å². The third kappa shape index (κ3) is 1.92. The third-order valence-electron chi connectivity index (χ3n) is 2.29. The second-order valence-electron chi connectivity index (χ2n) is 3.26. The number of carbonyl (C=O) groups excluding carboxylic acids is 1. The van der Waals surface area contributed by atoms with Gasteiger partial charge in [0.1, 0.15) is 5.75 Å². The lowest BCUT2D eigenvalue weighted by Crippen LogP contribution is -2.09. The van der Waals surface area contributed by atoms with Gasteiger partial charge in [-0.25, -0.2) is 0 Å². The van der Waals surface area contributed by atoms with E-state index in [1.54, 1.807) is 7.11 Å². The first kappa shape index (κ1) is 10.7. The molecular formula is C12H11NO2S. The summed E-state index contributed by atoms with van der Waals surface area (Å²) in [5.41, 5.74) is 7.14. The molecule has 0 saturated carbocycles. The minimum atomic E-state index is -0.388. The summed E-state index contributed by atoms with van der Waals surface area (Å²) in [6.07, 6.45) is 0. The molecule has 2 N–H and O–H groups in total. The van der Waals surface area contributed by atoms with Crippen LogP contribution in [0, 0.1) is 0 Å². The maximum atomic E-state index is 11.2. The molecule has 1 amide bonds. The van der Waals surface area contributed by atoms with Crippen LogP contribution in [-0.4, -0.2) is 13.0 Å². The van der Waals surface area contributed by atoms with Crippen LogP contribution in [0.2, 0.25) is 0 Å². The van der Waals surface area contributed by atoms with Crippen LogP contribution < -0.4 is 10.5 Å². The van der Waals surface area contributed by atoms with Gasteiger partial charge in [0.25, 0.3) is 5.91 Å². The Labute approximate surface area is 97.5 Å². The number of primary amides is 1. The van der Waals surface area contributed by atoms with Crippen LogP contribution in [0.15, 0.2) is 35.7 Å². The van der Waals surface area contributed by atoms with Crippen LogP contribution in [0.4, 0.5) is 0 Å². The van der Waals surface area contributed by atoms with E-state index < -0.39 is 0 Å². The molecule has 0 atom stereocenters. The molecule has 0 saturated heterocycles. The van der Waals surface area contributed by atoms with Crippen LogP contribution in [0.5, 0.6) is 5.75 Å². The Kier molecular flexibility index (Phi) is 2.92. The molecule has 1 aromatic heterocycles. The zero-order valence-electron chi connectivity index (χ0n) is 8.77. The predicted molar refractivity (Wildman–Crippen MR) is 64.8 cm³/mol. The van der Waals surface area contributed by atoms with Gasteiger partial charge in [0.05, 0.1) is 12.0 Å². The lowest BCUT2D eigenvalue weighted by Gasteiger charge is -2.03. The summed E-state index contributed by atoms with van der Waals surface area (Å²) < 4.78 is 5.08. The Morgan fingerprint density at radius 3 is 2.50 bits per heavy atom. The molecule has 1 heterocycles. The Balaban J connectivity index is 2.42. The number of thiophene rings is 1. The van der Waals surface area contributed by atoms with Gasteiger partial charge < -0.3 is 10.5 Å². The van der Waals surface area contributed by atoms with Crippen LogP contribution in [0.25, 0.3) is 11.1 Å². The fourth-order valence-electron chi connectivity index (χ4n) is 1.50. The second-order valence-corrected chi connectivity index (χ2v) is 4.17. The van der Waals surface area contributed by atoms with E-state index >= 15 is 0 Å². The molecule has 4 heteroatoms. The molecule has 0 aliphatic carbocycles. The second kappa shape index (κ2) is 4.37. The molecule has 0 radical (unpaired) electrons. The number of hydrogen-bond donors (Lipinski definition) is 1. The summed E-state index contributed by atoms with van der Waals surface area (Å²) in [4.78, 5) is 11.8. The average Bonchev–Trinajstić information content (AvgIpc) is 2.78. The molecule has 16 heavy (non-hydrogen) atoms. The Bertz CT molecular complexity index is 502. The number of carbonyl (C=O) groups is 1. The smallest absolute Gasteiger partial charge is 0.259 e. The van der Waals surface area contributed by atoms with Crippen molar-refractivity contribution in [3.63, 3.8) is 0 Å². The highest BCUT2D eigenvalue weighted by atomic mass is 32.1. The predicted octanol–water partition coefficient (Wildman–Crippen LogP) is 2.52. The molecule has 0 aliphatic rings. The number of rotatable bonds is 3. The van der Waals surface area contributed by atoms with Crippen molar-refractivity contribution in [1.29, 1.82) is 0 Å². The van der Waals surface area contributed by atoms with Gasteiger partial charge in [-0.05, 0) is 29.1 Å². The van der Waals surface area contributed by atoms with Crippen LogP contribution in [0.3, 0.4) is 0 Å². The standard InChI is InChI=1S/C12H11NO2S/c1-15-9-4-2-8(3-5-9)10-6-7-16-11(10)12(13)14/h2-7H,1H3,(H2,13,14). The molecule has 2 aromatic rings. The lowest BCUT2D eigenvalue weighted by molar-refractivity contribution is 0.100. The monoisotopic (exact) mass is 233 g/mol. The zero-order valence-corrected chi connectivity index (χ0v) is 9.58. The number of methoxy groups -OCH3 is 1. The number of ether oxygens (including phenoxy) is 1. The Morgan fingerprint density at radius 2 is 1.94 bits per heavy atom. The summed E-state index contributed by atoms with van der Waals surface area (Å²) >= 11 is 1.36. The van der Waals surface area contributed by atoms with Gasteiger partial charge in [-0.2, -0.15) is 0 Å². The lowest BCUT2D eigenvalue weighted by atomic mass is 10.1. The summed E-state index contributed by atoms with van der Waals surface area (Å²) in [6, 6.07) is 9.43. The zero-order chi connectivity index (χ0) is 11.5. The van der Waals surface area contributed by atoms with E-state index in [-0.39, 0.29) is 5.91 Å². The summed E-state index contributed by atoms with van der Waals surface area (Å²) in [6.45, 7) is 0. The van der Waals surface area contributed by atoms with E-state index in [1.807, 2.05) is 35.7 Å². The summed E-state index contributed by atoms with van der Waals surface area (Å²) in [7, 11) is 1.62. The van der Waals surface area contributed by atoms with Crippen LogP contribution in [0.1, 0.15) is 9.67 Å². The first-order valence-electron chi connectivity index (χ1n) is 4.74. The fraction of sp³-hybridized carbons (Fsp3) is 0.0833. The molecular weight excluding hydrogens is 222 g/mol. The van der Waals surface area contributed by atoms with Gasteiger partial charge >= 0.3 is 0 Å². The highest BCUT2D eigenvalue weighted by molar-refractivity contribution is 7.12. The summed E-state index contributed by atoms with van der Waals surface area (Å²) in [5.74, 6) is 0.403. The van der Waals surface area contributed by atoms with E-state index in [9.17, 15) is 4.79 Å². The highest BCUT2D eigenvalue weighted by Crippen LogP contribution is 2.29. The molecule has 2 rings (SSSR count). The van der Waals surface area contributed by atoms with E-state index in [0.717, 1.165) is 16.9 Å². The van der Waals surface area contributed by atoms with Crippen molar-refractivity contribution >= 4 is 17.2 Å². The Hall–Kier alpha value is -1.81. The van der Waals surface area contributed by atoms with E-state index in [4.69, 9.17) is 10.5 Å². The first-order chi connectivity index (χ1) is 7.72. The van der Waals surface area contributed by atoms with E-state index in [1.165, 1.54) is 11.3 Å². The van der Waals surface area contributed by atoms with E-state index in [2.05, 4.69) is 0 Å². The van der Waals surface area contributed by atoms with Gasteiger partial charge in [-0.15, -0.1) is 11.3 Å². The molecule has 0 bridgehead atoms. The summed E-state index contributed by atoms with van der Waals surface area (Å²) in [5, 5.41) is 1.86. The van der Waals surface area contributed by atoms with Gasteiger partial charge in [0.2, 0.25) is 0 Å². The number of nitrogens with two attached hydrogens (primary N) is 1. The maximum Gasteiger partial charge on any atom is 0.259 e. The third-order valence-corrected chi connectivity index (χ3v) is 3.22. The van der Waals surface area contributed by atoms with Crippen molar-refractivity contribution in [2.75, 3.05) is 7.11 Å². The molecule has 0 unspecified atom stereocenters. The molecule has 0 spiro atoms. The van der Waals surface area contributed by atoms with Gasteiger partial charge in [0.15, 0.2) is 0 Å². The van der Waals surface area contributed by atoms with Crippen molar-refractivity contribution < 1.29 is 9.53 Å². The molecule has 82 valence electrons. The maximum absolute atomic E-state index is 11.2. The van der Waals surface area contributed by atoms with Crippen molar-refractivity contribution in [3.05, 3.63) is 40.6 Å². The average molecular weight is 233 g/mol. The van der Waals surface area contributed by atoms with E-state index in [0.29, 0.717) is 4.88 Å². The van der Waals surface area contributed by atoms with Crippen molar-refractivity contribution in [2.24, 2.45) is 5.73 Å². The van der Waals surface area contributed by atoms with Crippen molar-refractivity contribution in [2.45, 2.75) is 0 Å². The number of benzene rings is 1. The van der Waals surface area contributed by atoms with Crippen LogP contribution >= 0.6 is 11.3 Å². The minimum absolute atomic E-state index is 0.388. The normalized spacial score (nSPS) is 10.1. The van der Waals surface area contributed by atoms with Crippen molar-refractivity contribution in [1.82, 2.24) is 0 Å². The largest absolute Gasteiger partial charge is 0.497 e. The number of amides is 1. The molecule has 0 fully saturated rings. The van der Waals surface area contributed by atoms with Crippen LogP contribution in [-0.2, 0) is 0 Å². The minimum Gasteiger partial charge on any atom is -0.497 e. The fourth-order valence-corrected chi connectivity index (χ4v) is 2.27. The van der Waals surface area contributed by atoms with Gasteiger partial charge in [-0.1, -0.05) is 12.1 Å². The van der Waals surface area contributed by atoms with Crippen molar-refractivity contribution in [3.8, 4) is 16.9 Å². The van der Waals surface area contributed by atoms with Gasteiger partial charge in [0, 0.05) is 5.56 Å². The highest BCUT2D eigenvalue weighted by Gasteiger charge is 2.11. The quantitative estimate of drug-likeness (QED) is 0.885. The SMILES string of the molecule is COc1ccc(-c2ccsc2C(N)=O)cc1. The molecule has 3 nitrogen and oxygen atoms in total. The molecule has 0 aliphatic heterocycles.